The molecule has 12 heteroatoms. The van der Waals surface area contributed by atoms with Crippen LogP contribution < -0.4 is 9.44 Å². The maximum atomic E-state index is 12.1. The molecule has 0 bridgehead atoms. The molecule has 0 spiro atoms. The first-order chi connectivity index (χ1) is 16.9. The second kappa shape index (κ2) is 16.2. The van der Waals surface area contributed by atoms with Crippen molar-refractivity contribution in [2.24, 2.45) is 9.98 Å². The molecule has 0 heterocycles. The van der Waals surface area contributed by atoms with Gasteiger partial charge in [0.25, 0.3) is 0 Å². The molecule has 6 N–H and O–H groups in total. The van der Waals surface area contributed by atoms with E-state index in [2.05, 4.69) is 19.4 Å². The van der Waals surface area contributed by atoms with Crippen LogP contribution in [-0.4, -0.2) is 61.9 Å². The fraction of sp³-hybridized carbons (Fsp3) is 0.920. The van der Waals surface area contributed by atoms with Crippen molar-refractivity contribution in [3.63, 3.8) is 0 Å². The van der Waals surface area contributed by atoms with Crippen molar-refractivity contribution in [3.8, 4) is 0 Å². The van der Waals surface area contributed by atoms with Crippen LogP contribution in [0.2, 0.25) is 0 Å². The summed E-state index contributed by atoms with van der Waals surface area (Å²) in [7, 11) is -9.64. The van der Waals surface area contributed by atoms with Gasteiger partial charge in [-0.2, -0.15) is 0 Å². The summed E-state index contributed by atoms with van der Waals surface area (Å²) in [6, 6.07) is -0.0515. The van der Waals surface area contributed by atoms with Gasteiger partial charge in [0.2, 0.25) is 0 Å². The molecule has 0 unspecified atom stereocenters. The van der Waals surface area contributed by atoms with Gasteiger partial charge in [0.15, 0.2) is 19.6 Å². The monoisotopic (exact) mass is 572 g/mol. The summed E-state index contributed by atoms with van der Waals surface area (Å²) in [5.41, 5.74) is 0. The molecule has 0 aromatic heterocycles. The SMILES string of the molecule is CCS(=O)(O)(O)NC(CCCCCCCCCCCCCC(=NC(C)C)NS(=O)(O)(O)CC)=NC(C)C. The van der Waals surface area contributed by atoms with E-state index in [0.717, 1.165) is 51.4 Å². The average molecular weight is 573 g/mol. The van der Waals surface area contributed by atoms with E-state index < -0.39 is 19.6 Å². The van der Waals surface area contributed by atoms with Crippen LogP contribution in [0.4, 0.5) is 0 Å². The Balaban J connectivity index is 4.03. The van der Waals surface area contributed by atoms with Gasteiger partial charge in [-0.25, -0.2) is 8.42 Å². The maximum Gasteiger partial charge on any atom is 0.157 e. The first-order valence-corrected chi connectivity index (χ1v) is 18.0. The zero-order valence-corrected chi connectivity index (χ0v) is 25.7. The second-order valence-corrected chi connectivity index (χ2v) is 16.2. The lowest BCUT2D eigenvalue weighted by Crippen LogP contribution is -2.51. The molecule has 0 aliphatic heterocycles. The van der Waals surface area contributed by atoms with Gasteiger partial charge in [-0.3, -0.25) is 37.6 Å². The van der Waals surface area contributed by atoms with Gasteiger partial charge in [-0.05, 0) is 54.4 Å². The van der Waals surface area contributed by atoms with E-state index in [1.807, 2.05) is 27.7 Å². The topological polar surface area (TPSA) is 164 Å². The minimum atomic E-state index is -4.82. The fourth-order valence-corrected chi connectivity index (χ4v) is 5.25. The molecule has 0 atom stereocenters. The van der Waals surface area contributed by atoms with Gasteiger partial charge in [0.05, 0.1) is 11.5 Å². The van der Waals surface area contributed by atoms with Crippen LogP contribution in [0.25, 0.3) is 0 Å². The molecule has 0 saturated carbocycles. The third-order valence-corrected chi connectivity index (χ3v) is 9.22. The third kappa shape index (κ3) is 20.7. The molecule has 224 valence electrons. The first-order valence-electron chi connectivity index (χ1n) is 13.9. The van der Waals surface area contributed by atoms with E-state index in [-0.39, 0.29) is 23.6 Å². The molecule has 0 radical (unpaired) electrons. The third-order valence-electron chi connectivity index (χ3n) is 5.84. The van der Waals surface area contributed by atoms with Crippen molar-refractivity contribution in [2.75, 3.05) is 11.5 Å². The van der Waals surface area contributed by atoms with Crippen molar-refractivity contribution in [2.45, 2.75) is 137 Å². The molecular weight excluding hydrogens is 516 g/mol. The van der Waals surface area contributed by atoms with Gasteiger partial charge in [-0.1, -0.05) is 57.8 Å². The highest BCUT2D eigenvalue weighted by Gasteiger charge is 2.29. The van der Waals surface area contributed by atoms with E-state index in [4.69, 9.17) is 0 Å². The Morgan fingerprint density at radius 2 is 0.811 bits per heavy atom. The van der Waals surface area contributed by atoms with Gasteiger partial charge in [0.1, 0.15) is 11.7 Å². The number of nitrogens with one attached hydrogen (secondary N) is 2. The van der Waals surface area contributed by atoms with Crippen LogP contribution in [0.5, 0.6) is 0 Å². The van der Waals surface area contributed by atoms with Crippen LogP contribution in [0.1, 0.15) is 125 Å². The van der Waals surface area contributed by atoms with Gasteiger partial charge in [-0.15, -0.1) is 0 Å². The van der Waals surface area contributed by atoms with E-state index in [9.17, 15) is 26.6 Å². The largest absolute Gasteiger partial charge is 0.293 e. The molecule has 37 heavy (non-hydrogen) atoms. The number of hydrogen-bond donors (Lipinski definition) is 6. The molecule has 0 rings (SSSR count). The minimum Gasteiger partial charge on any atom is -0.293 e. The number of unbranched alkanes of at least 4 members (excludes halogenated alkanes) is 10. The Labute approximate surface area is 225 Å². The van der Waals surface area contributed by atoms with E-state index in [1.54, 1.807) is 0 Å². The predicted molar refractivity (Wildman–Crippen MR) is 159 cm³/mol. The lowest BCUT2D eigenvalue weighted by molar-refractivity contribution is 0.382. The van der Waals surface area contributed by atoms with Crippen LogP contribution in [0, 0.1) is 0 Å². The second-order valence-electron chi connectivity index (χ2n) is 10.5. The minimum absolute atomic E-state index is 0.0257. The lowest BCUT2D eigenvalue weighted by Gasteiger charge is -2.32. The Morgan fingerprint density at radius 1 is 0.568 bits per heavy atom. The Kier molecular flexibility index (Phi) is 15.8. The molecule has 10 nitrogen and oxygen atoms in total. The standard InChI is InChI=1S/C25H56N4O6S2/c1-7-36(30,31,32)28-24(26-22(3)4)20-18-16-14-12-10-9-11-13-15-17-19-21-25(27-23(5)6)29-37(33,34,35)8-2/h22-23H,7-21H2,1-6H3,(H3,26,28,30,31,32)(H3,27,29,33,34,35). The van der Waals surface area contributed by atoms with Crippen LogP contribution in [-0.2, 0) is 19.6 Å². The number of nitrogens with zero attached hydrogens (tertiary/aromatic N) is 2. The van der Waals surface area contributed by atoms with Crippen LogP contribution in [0.3, 0.4) is 0 Å². The smallest absolute Gasteiger partial charge is 0.157 e. The normalized spacial score (nSPS) is 15.9. The predicted octanol–water partition coefficient (Wildman–Crippen LogP) is 6.25. The van der Waals surface area contributed by atoms with Crippen molar-refractivity contribution in [1.29, 1.82) is 0 Å². The van der Waals surface area contributed by atoms with Crippen molar-refractivity contribution < 1.29 is 26.6 Å². The molecule has 0 amide bonds. The highest BCUT2D eigenvalue weighted by molar-refractivity contribution is 8.09. The summed E-state index contributed by atoms with van der Waals surface area (Å²) in [6.07, 6.45) is 12.9. The molecule has 0 aliphatic rings. The van der Waals surface area contributed by atoms with E-state index in [1.165, 1.54) is 33.1 Å². The lowest BCUT2D eigenvalue weighted by atomic mass is 10.0. The van der Waals surface area contributed by atoms with E-state index >= 15 is 0 Å². The molecule has 0 fully saturated rings. The molecule has 0 aromatic carbocycles. The molecule has 0 saturated heterocycles. The Bertz CT molecular complexity index is 778. The fourth-order valence-electron chi connectivity index (χ4n) is 3.70. The summed E-state index contributed by atoms with van der Waals surface area (Å²) in [4.78, 5) is 8.71. The maximum absolute atomic E-state index is 12.1. The number of amidine groups is 2. The summed E-state index contributed by atoms with van der Waals surface area (Å²) < 4.78 is 68.4. The zero-order chi connectivity index (χ0) is 28.6. The van der Waals surface area contributed by atoms with Crippen LogP contribution in [0.15, 0.2) is 9.98 Å². The summed E-state index contributed by atoms with van der Waals surface area (Å²) in [5.74, 6) is 0.219. The molecule has 0 aliphatic carbocycles. The van der Waals surface area contributed by atoms with Gasteiger partial charge >= 0.3 is 0 Å². The van der Waals surface area contributed by atoms with Gasteiger partial charge in [0, 0.05) is 24.9 Å². The average Bonchev–Trinajstić information content (AvgIpc) is 2.74. The van der Waals surface area contributed by atoms with Crippen molar-refractivity contribution >= 4 is 31.3 Å². The van der Waals surface area contributed by atoms with Gasteiger partial charge < -0.3 is 0 Å². The number of hydrogen-bond acceptors (Lipinski definition) is 4. The summed E-state index contributed by atoms with van der Waals surface area (Å²) in [5, 5.41) is 0. The summed E-state index contributed by atoms with van der Waals surface area (Å²) in [6.45, 7) is 10.5. The quantitative estimate of drug-likeness (QED) is 0.0573. The Morgan fingerprint density at radius 3 is 1.03 bits per heavy atom. The van der Waals surface area contributed by atoms with E-state index in [0.29, 0.717) is 24.5 Å². The number of rotatable bonds is 20. The van der Waals surface area contributed by atoms with Crippen LogP contribution >= 0.6 is 0 Å². The van der Waals surface area contributed by atoms with Crippen molar-refractivity contribution in [3.05, 3.63) is 0 Å². The molecular formula is C25H56N4O6S2. The summed E-state index contributed by atoms with van der Waals surface area (Å²) >= 11 is 0. The zero-order valence-electron chi connectivity index (χ0n) is 24.1. The highest BCUT2D eigenvalue weighted by atomic mass is 32.3. The molecule has 0 aromatic rings. The number of aliphatic imine (C=N–C) groups is 2. The Hall–Kier alpha value is -0.920. The van der Waals surface area contributed by atoms with Crippen molar-refractivity contribution in [1.82, 2.24) is 9.44 Å². The highest BCUT2D eigenvalue weighted by Crippen LogP contribution is 2.16. The first kappa shape index (κ1) is 36.1.